The van der Waals surface area contributed by atoms with Gasteiger partial charge in [-0.25, -0.2) is 0 Å². The van der Waals surface area contributed by atoms with Crippen molar-refractivity contribution < 1.29 is 194 Å². The Morgan fingerprint density at radius 1 is 0.173 bits per heavy atom. The Labute approximate surface area is 892 Å². The van der Waals surface area contributed by atoms with Gasteiger partial charge in [0.1, 0.15) is 0 Å². The molecule has 7 rings (SSSR count). The van der Waals surface area contributed by atoms with E-state index in [9.17, 15) is 0 Å². The van der Waals surface area contributed by atoms with E-state index in [1.807, 2.05) is 0 Å². The quantitative estimate of drug-likeness (QED) is 0.0569. The van der Waals surface area contributed by atoms with Gasteiger partial charge >= 0.3 is 132 Å². The van der Waals surface area contributed by atoms with Gasteiger partial charge in [-0.15, -0.1) is 0 Å². The van der Waals surface area contributed by atoms with E-state index in [1.165, 1.54) is 113 Å². The van der Waals surface area contributed by atoms with E-state index in [-0.39, 0.29) is 132 Å². The maximum atomic E-state index is 6.77. The van der Waals surface area contributed by atoms with Crippen LogP contribution in [0.1, 0.15) is 181 Å². The van der Waals surface area contributed by atoms with Crippen molar-refractivity contribution in [1.29, 1.82) is 0 Å². The molecule has 0 aromatic rings. The van der Waals surface area contributed by atoms with Crippen molar-refractivity contribution in [2.75, 3.05) is 0 Å². The topological polar surface area (TPSA) is 129 Å². The van der Waals surface area contributed by atoms with Gasteiger partial charge in [0.25, 0.3) is 0 Å². The summed E-state index contributed by atoms with van der Waals surface area (Å²) >= 11 is 0. The van der Waals surface area contributed by atoms with Gasteiger partial charge in [0.2, 0.25) is 0 Å². The van der Waals surface area contributed by atoms with Crippen LogP contribution in [0, 0.1) is 53.3 Å². The molecule has 0 bridgehead atoms. The van der Waals surface area contributed by atoms with E-state index in [0.717, 1.165) is 11.8 Å². The van der Waals surface area contributed by atoms with Crippen molar-refractivity contribution in [2.45, 2.75) is 538 Å². The molecule has 0 aliphatic heterocycles. The van der Waals surface area contributed by atoms with Crippen molar-refractivity contribution in [3.05, 3.63) is 0 Å². The first-order valence-electron chi connectivity index (χ1n) is 49.3. The second-order valence-electron chi connectivity index (χ2n) is 50.4. The standard InChI is InChI=1S/C17H38O2Si2.C14H32O2Si2.2C13H30O2Si2.2C12H28O2Si2.C11H26O2Si2.7Li/c1-7-20(8-2,9-3)18-16-14-13-15-17(16)19-21(10-4,11-5)12-6;1-10-11(2)13(15-17(4,5)6)14(12(10)3)16-18(7,8)9;1-10-9-12(14-16(3,4)5)13(11(10)2)15-17(6,7)8;1-10-9-11(2)13(15-17(6,7)8)12(10)14-16(3,4)5;1-10-8-11(13-15(2,3)4)12(9-10)14-16(5,6)7;1-10-8-9-11(13-15(2,3)4)12(10)14-16(5,6)7;1-14(2,3)12-10-8-7-9-11(10)13-15(4,5)6;;;;;;;/h16-17H,7-15H2,1-6H3;10-14H,1-9H3;2*10-13H,9H2,1-8H3;2*10-12H,8-9H2,1-7H3;10-11H,7-9H2,1-6H3;;;;;;;/q;;;;;;;7*+1. The fourth-order valence-electron chi connectivity index (χ4n) is 18.6. The van der Waals surface area contributed by atoms with Gasteiger partial charge < -0.3 is 62.0 Å². The van der Waals surface area contributed by atoms with Crippen molar-refractivity contribution in [2.24, 2.45) is 53.3 Å². The minimum absolute atomic E-state index is 0. The average Bonchev–Trinajstić information content (AvgIpc) is 1.65. The smallest absolute Gasteiger partial charge is 0.412 e. The first kappa shape index (κ1) is 147. The van der Waals surface area contributed by atoms with Crippen LogP contribution in [0.3, 0.4) is 0 Å². The summed E-state index contributed by atoms with van der Waals surface area (Å²) in [6, 6.07) is 7.51. The maximum Gasteiger partial charge on any atom is 1.00 e. The van der Waals surface area contributed by atoms with Crippen LogP contribution in [0.2, 0.25) is 272 Å². The Morgan fingerprint density at radius 3 is 0.654 bits per heavy atom. The minimum Gasteiger partial charge on any atom is -0.412 e. The minimum atomic E-state index is -1.50. The summed E-state index contributed by atoms with van der Waals surface area (Å²) in [5, 5.41) is 0. The molecule has 7 fully saturated rings. The van der Waals surface area contributed by atoms with Gasteiger partial charge in [-0.2, -0.15) is 0 Å². The van der Waals surface area contributed by atoms with Crippen molar-refractivity contribution in [1.82, 2.24) is 0 Å². The summed E-state index contributed by atoms with van der Waals surface area (Å²) in [5.74, 6) is 5.93. The molecule has 7 aliphatic carbocycles. The maximum absolute atomic E-state index is 6.77. The van der Waals surface area contributed by atoms with E-state index in [1.54, 1.807) is 0 Å². The Morgan fingerprint density at radius 2 is 0.394 bits per heavy atom. The zero-order chi connectivity index (χ0) is 93.9. The van der Waals surface area contributed by atoms with Gasteiger partial charge in [0.05, 0.1) is 85.5 Å². The monoisotopic (exact) mass is 1980 g/mol. The molecule has 21 unspecified atom stereocenters. The molecule has 0 saturated heterocycles. The van der Waals surface area contributed by atoms with Gasteiger partial charge in [-0.05, 0) is 402 Å². The van der Waals surface area contributed by atoms with Gasteiger partial charge in [-0.1, -0.05) is 104 Å². The van der Waals surface area contributed by atoms with Crippen LogP contribution >= 0.6 is 0 Å². The second-order valence-corrected chi connectivity index (χ2v) is 113. The van der Waals surface area contributed by atoms with Crippen molar-refractivity contribution in [3.63, 3.8) is 0 Å². The molecule has 35 heteroatoms. The molecule has 0 amide bonds. The number of rotatable bonds is 34. The number of hydrogen-bond acceptors (Lipinski definition) is 14. The molecule has 0 N–H and O–H groups in total. The van der Waals surface area contributed by atoms with Crippen molar-refractivity contribution >= 4 is 116 Å². The van der Waals surface area contributed by atoms with E-state index >= 15 is 0 Å². The van der Waals surface area contributed by atoms with Gasteiger partial charge in [0.15, 0.2) is 116 Å². The van der Waals surface area contributed by atoms with Crippen LogP contribution in [0.5, 0.6) is 0 Å². The zero-order valence-corrected chi connectivity index (χ0v) is 111. The van der Waals surface area contributed by atoms with Crippen LogP contribution < -0.4 is 132 Å². The van der Waals surface area contributed by atoms with E-state index < -0.39 is 116 Å². The molecule has 0 aromatic heterocycles. The molecule has 21 atom stereocenters. The number of hydrogen-bond donors (Lipinski definition) is 0. The van der Waals surface area contributed by atoms with Crippen LogP contribution in [0.15, 0.2) is 0 Å². The van der Waals surface area contributed by atoms with E-state index in [4.69, 9.17) is 62.0 Å². The molecular formula is C92H212Li7O14Si14+7. The second kappa shape index (κ2) is 62.6. The fraction of sp³-hybridized carbons (Fsp3) is 1.00. The summed E-state index contributed by atoms with van der Waals surface area (Å²) in [4.78, 5) is 0. The zero-order valence-electron chi connectivity index (χ0n) is 96.7. The summed E-state index contributed by atoms with van der Waals surface area (Å²) < 4.78 is 89.4. The van der Waals surface area contributed by atoms with Crippen molar-refractivity contribution in [3.8, 4) is 0 Å². The van der Waals surface area contributed by atoms with Gasteiger partial charge in [0, 0.05) is 0 Å². The Balaban J connectivity index is -0.000000263. The summed E-state index contributed by atoms with van der Waals surface area (Å²) in [7, 11) is -20.4. The Bertz CT molecular complexity index is 2640. The van der Waals surface area contributed by atoms with E-state index in [0.29, 0.717) is 127 Å². The van der Waals surface area contributed by atoms with E-state index in [2.05, 4.69) is 340 Å². The first-order valence-corrected chi connectivity index (χ1v) is 95.2. The third kappa shape index (κ3) is 61.7. The first-order chi connectivity index (χ1) is 53.8. The third-order valence-electron chi connectivity index (χ3n) is 24.5. The normalized spacial score (nSPS) is 30.2. The molecule has 0 radical (unpaired) electrons. The Kier molecular flexibility index (Phi) is 72.3. The predicted molar refractivity (Wildman–Crippen MR) is 561 cm³/mol. The summed E-state index contributed by atoms with van der Waals surface area (Å²) in [5.41, 5.74) is 0. The summed E-state index contributed by atoms with van der Waals surface area (Å²) in [6.45, 7) is 117. The fourth-order valence-corrected chi connectivity index (χ4v) is 38.5. The molecular weight excluding hydrogens is 1770 g/mol. The van der Waals surface area contributed by atoms with Gasteiger partial charge in [-0.3, -0.25) is 0 Å². The molecule has 720 valence electrons. The predicted octanol–water partition coefficient (Wildman–Crippen LogP) is 8.86. The largest absolute Gasteiger partial charge is 1.00 e. The Hall–Kier alpha value is 6.66. The average molecular weight is 1980 g/mol. The molecule has 0 aromatic carbocycles. The SMILES string of the molecule is CC1C(C)C(O[Si](C)(C)C)C(O[Si](C)(C)C)C1C.CC1CC(C)C(O[Si](C)(C)C)C1O[Si](C)(C)C.CC1CC(O[Si](C)(C)C)C(O[Si](C)(C)C)C1.CC1CC(O[Si](C)(C)C)C(O[Si](C)(C)C)C1C.CC1CCC(O[Si](C)(C)C)C1O[Si](C)(C)C.CC[Si](CC)(CC)OC1CCCC1O[Si](CC)(CC)CC.C[Si](C)(C)OC1CCCC1O[Si](C)(C)C.[Li+].[Li+].[Li+].[Li+].[Li+].[Li+].[Li+]. The molecule has 127 heavy (non-hydrogen) atoms. The molecule has 0 spiro atoms. The molecule has 7 saturated carbocycles. The third-order valence-corrected chi connectivity index (χ3v) is 45.8. The van der Waals surface area contributed by atoms with Crippen LogP contribution in [-0.4, -0.2) is 202 Å². The van der Waals surface area contributed by atoms with Crippen LogP contribution in [-0.2, 0) is 62.0 Å². The summed E-state index contributed by atoms with van der Waals surface area (Å²) in [6.07, 6.45) is 19.5. The molecule has 0 heterocycles. The molecule has 7 aliphatic rings. The van der Waals surface area contributed by atoms with Crippen LogP contribution in [0.25, 0.3) is 0 Å². The molecule has 14 nitrogen and oxygen atoms in total. The van der Waals surface area contributed by atoms with Crippen LogP contribution in [0.4, 0.5) is 0 Å².